The van der Waals surface area contributed by atoms with Crippen LogP contribution in [0.1, 0.15) is 5.56 Å². The summed E-state index contributed by atoms with van der Waals surface area (Å²) in [6.45, 7) is 3.17. The van der Waals surface area contributed by atoms with Crippen molar-refractivity contribution in [1.82, 2.24) is 4.90 Å². The largest absolute Gasteiger partial charge is 0.379 e. The molecule has 2 aromatic rings. The summed E-state index contributed by atoms with van der Waals surface area (Å²) < 4.78 is 55.7. The van der Waals surface area contributed by atoms with E-state index in [9.17, 15) is 16.8 Å². The van der Waals surface area contributed by atoms with E-state index in [1.54, 1.807) is 18.2 Å². The second-order valence-electron chi connectivity index (χ2n) is 6.30. The summed E-state index contributed by atoms with van der Waals surface area (Å²) >= 11 is 0. The zero-order valence-corrected chi connectivity index (χ0v) is 16.4. The van der Waals surface area contributed by atoms with Crippen LogP contribution in [0.4, 0.5) is 0 Å². The number of morpholine rings is 1. The average molecular weight is 411 g/mol. The van der Waals surface area contributed by atoms with Crippen LogP contribution >= 0.6 is 0 Å². The van der Waals surface area contributed by atoms with E-state index in [1.165, 1.54) is 30.3 Å². The first-order valence-electron chi connectivity index (χ1n) is 8.55. The van der Waals surface area contributed by atoms with Crippen LogP contribution in [-0.2, 0) is 31.0 Å². The molecule has 0 atom stereocenters. The molecular weight excluding hydrogens is 388 g/mol. The highest BCUT2D eigenvalue weighted by atomic mass is 32.2. The number of nitrogens with two attached hydrogens (primary N) is 1. The fourth-order valence-electron chi connectivity index (χ4n) is 3.13. The molecule has 1 fully saturated rings. The first kappa shape index (κ1) is 20.0. The summed E-state index contributed by atoms with van der Waals surface area (Å²) in [5.74, 6) is 0. The lowest BCUT2D eigenvalue weighted by molar-refractivity contribution is 0.0383. The van der Waals surface area contributed by atoms with Crippen LogP contribution in [0, 0.1) is 0 Å². The van der Waals surface area contributed by atoms with Gasteiger partial charge in [-0.15, -0.1) is 0 Å². The molecule has 1 heterocycles. The standard InChI is InChI=1S/C18H22N2O5S2/c19-27(23,24)18-8-4-7-17(26(21,22)15-5-2-1-3-6-15)16(18)9-10-20-11-13-25-14-12-20/h1-8H,9-14H2,(H2,19,23,24). The number of primary sulfonamides is 1. The Morgan fingerprint density at radius 2 is 1.52 bits per heavy atom. The summed E-state index contributed by atoms with van der Waals surface area (Å²) in [4.78, 5) is 2.06. The quantitative estimate of drug-likeness (QED) is 0.763. The topological polar surface area (TPSA) is 107 Å². The van der Waals surface area contributed by atoms with Gasteiger partial charge in [-0.2, -0.15) is 0 Å². The van der Waals surface area contributed by atoms with Gasteiger partial charge in [0, 0.05) is 19.6 Å². The molecule has 0 spiro atoms. The van der Waals surface area contributed by atoms with Crippen molar-refractivity contribution in [2.24, 2.45) is 5.14 Å². The van der Waals surface area contributed by atoms with Gasteiger partial charge >= 0.3 is 0 Å². The van der Waals surface area contributed by atoms with Gasteiger partial charge in [0.05, 0.1) is 27.9 Å². The zero-order chi connectivity index (χ0) is 19.5. The third kappa shape index (κ3) is 4.56. The molecule has 146 valence electrons. The summed E-state index contributed by atoms with van der Waals surface area (Å²) in [6, 6.07) is 12.2. The maximum absolute atomic E-state index is 13.1. The highest BCUT2D eigenvalue weighted by molar-refractivity contribution is 7.91. The number of ether oxygens (including phenoxy) is 1. The van der Waals surface area contributed by atoms with E-state index in [2.05, 4.69) is 4.90 Å². The summed E-state index contributed by atoms with van der Waals surface area (Å²) in [5.41, 5.74) is 0.232. The molecule has 7 nitrogen and oxygen atoms in total. The van der Waals surface area contributed by atoms with Gasteiger partial charge in [0.2, 0.25) is 19.9 Å². The fourth-order valence-corrected chi connectivity index (χ4v) is 5.58. The van der Waals surface area contributed by atoms with E-state index in [1.807, 2.05) is 0 Å². The van der Waals surface area contributed by atoms with Crippen molar-refractivity contribution in [2.45, 2.75) is 21.1 Å². The van der Waals surface area contributed by atoms with Gasteiger partial charge in [-0.3, -0.25) is 4.90 Å². The van der Waals surface area contributed by atoms with Crippen molar-refractivity contribution in [3.63, 3.8) is 0 Å². The van der Waals surface area contributed by atoms with Crippen LogP contribution < -0.4 is 5.14 Å². The zero-order valence-electron chi connectivity index (χ0n) is 14.7. The monoisotopic (exact) mass is 410 g/mol. The second kappa shape index (κ2) is 8.07. The molecule has 0 amide bonds. The van der Waals surface area contributed by atoms with E-state index in [-0.39, 0.29) is 26.7 Å². The SMILES string of the molecule is NS(=O)(=O)c1cccc(S(=O)(=O)c2ccccc2)c1CCN1CCOCC1. The molecule has 2 aromatic carbocycles. The van der Waals surface area contributed by atoms with Crippen LogP contribution in [-0.4, -0.2) is 54.6 Å². The van der Waals surface area contributed by atoms with Gasteiger partial charge in [-0.1, -0.05) is 24.3 Å². The molecule has 0 aromatic heterocycles. The number of hydrogen-bond donors (Lipinski definition) is 1. The summed E-state index contributed by atoms with van der Waals surface area (Å²) in [5, 5.41) is 5.36. The molecule has 3 rings (SSSR count). The minimum atomic E-state index is -4.06. The highest BCUT2D eigenvalue weighted by Crippen LogP contribution is 2.29. The fraction of sp³-hybridized carbons (Fsp3) is 0.333. The van der Waals surface area contributed by atoms with Crippen LogP contribution in [0.3, 0.4) is 0 Å². The third-order valence-electron chi connectivity index (χ3n) is 4.52. The average Bonchev–Trinajstić information content (AvgIpc) is 2.67. The Bertz CT molecular complexity index is 999. The normalized spacial score (nSPS) is 16.3. The lowest BCUT2D eigenvalue weighted by Crippen LogP contribution is -2.37. The Kier molecular flexibility index (Phi) is 5.97. The summed E-state index contributed by atoms with van der Waals surface area (Å²) in [7, 11) is -7.93. The van der Waals surface area contributed by atoms with Crippen LogP contribution in [0.15, 0.2) is 63.2 Å². The maximum Gasteiger partial charge on any atom is 0.238 e. The Morgan fingerprint density at radius 3 is 2.15 bits per heavy atom. The molecule has 1 aliphatic heterocycles. The Balaban J connectivity index is 2.05. The van der Waals surface area contributed by atoms with Gasteiger partial charge in [0.1, 0.15) is 0 Å². The maximum atomic E-state index is 13.1. The van der Waals surface area contributed by atoms with Crippen molar-refractivity contribution in [1.29, 1.82) is 0 Å². The van der Waals surface area contributed by atoms with Crippen molar-refractivity contribution >= 4 is 19.9 Å². The van der Waals surface area contributed by atoms with E-state index < -0.39 is 19.9 Å². The predicted molar refractivity (Wildman–Crippen MR) is 101 cm³/mol. The molecule has 27 heavy (non-hydrogen) atoms. The van der Waals surface area contributed by atoms with Gasteiger partial charge in [-0.25, -0.2) is 22.0 Å². The molecule has 0 aliphatic carbocycles. The molecule has 2 N–H and O–H groups in total. The van der Waals surface area contributed by atoms with Gasteiger partial charge in [0.25, 0.3) is 0 Å². The lowest BCUT2D eigenvalue weighted by Gasteiger charge is -2.27. The molecule has 9 heteroatoms. The van der Waals surface area contributed by atoms with E-state index in [0.29, 0.717) is 19.8 Å². The molecule has 0 bridgehead atoms. The number of benzene rings is 2. The first-order chi connectivity index (χ1) is 12.8. The minimum absolute atomic E-state index is 0.0199. The third-order valence-corrected chi connectivity index (χ3v) is 7.37. The van der Waals surface area contributed by atoms with E-state index in [4.69, 9.17) is 9.88 Å². The Labute approximate surface area is 159 Å². The van der Waals surface area contributed by atoms with E-state index in [0.717, 1.165) is 13.1 Å². The first-order valence-corrected chi connectivity index (χ1v) is 11.6. The smallest absolute Gasteiger partial charge is 0.238 e. The summed E-state index contributed by atoms with van der Waals surface area (Å²) in [6.07, 6.45) is 0.258. The second-order valence-corrected chi connectivity index (χ2v) is 9.75. The van der Waals surface area contributed by atoms with Crippen LogP contribution in [0.5, 0.6) is 0 Å². The van der Waals surface area contributed by atoms with E-state index >= 15 is 0 Å². The van der Waals surface area contributed by atoms with Crippen molar-refractivity contribution < 1.29 is 21.6 Å². The van der Waals surface area contributed by atoms with Crippen LogP contribution in [0.25, 0.3) is 0 Å². The molecule has 0 saturated carbocycles. The molecule has 0 radical (unpaired) electrons. The Hall–Kier alpha value is -1.78. The highest BCUT2D eigenvalue weighted by Gasteiger charge is 2.26. The number of hydrogen-bond acceptors (Lipinski definition) is 6. The number of nitrogens with zero attached hydrogens (tertiary/aromatic N) is 1. The molecule has 1 aliphatic rings. The number of sulfonamides is 1. The molecular formula is C18H22N2O5S2. The van der Waals surface area contributed by atoms with Gasteiger partial charge < -0.3 is 4.74 Å². The van der Waals surface area contributed by atoms with Crippen LogP contribution in [0.2, 0.25) is 0 Å². The molecule has 0 unspecified atom stereocenters. The number of rotatable bonds is 6. The minimum Gasteiger partial charge on any atom is -0.379 e. The van der Waals surface area contributed by atoms with Crippen molar-refractivity contribution in [3.05, 3.63) is 54.1 Å². The molecule has 1 saturated heterocycles. The van der Waals surface area contributed by atoms with Crippen molar-refractivity contribution in [3.8, 4) is 0 Å². The Morgan fingerprint density at radius 1 is 0.889 bits per heavy atom. The van der Waals surface area contributed by atoms with Crippen molar-refractivity contribution in [2.75, 3.05) is 32.8 Å². The van der Waals surface area contributed by atoms with Gasteiger partial charge in [0.15, 0.2) is 0 Å². The number of sulfone groups is 1. The lowest BCUT2D eigenvalue weighted by atomic mass is 10.1. The van der Waals surface area contributed by atoms with Gasteiger partial charge in [-0.05, 0) is 36.2 Å². The predicted octanol–water partition coefficient (Wildman–Crippen LogP) is 1.04.